The number of rotatable bonds is 1. The molecule has 1 aliphatic heterocycles. The van der Waals surface area contributed by atoms with Crippen molar-refractivity contribution in [3.8, 4) is 0 Å². The molecule has 0 atom stereocenters. The van der Waals surface area contributed by atoms with Gasteiger partial charge in [0.1, 0.15) is 0 Å². The van der Waals surface area contributed by atoms with Crippen molar-refractivity contribution in [1.29, 1.82) is 0 Å². The summed E-state index contributed by atoms with van der Waals surface area (Å²) in [7, 11) is 0. The minimum Gasteiger partial charge on any atom is -0.380 e. The number of nitrogens with zero attached hydrogens (tertiary/aromatic N) is 1. The summed E-state index contributed by atoms with van der Waals surface area (Å²) in [6.45, 7) is 3.44. The molecule has 1 aliphatic rings. The number of nitrogens with one attached hydrogen (secondary N) is 1. The Morgan fingerprint density at radius 1 is 1.19 bits per heavy atom. The summed E-state index contributed by atoms with van der Waals surface area (Å²) in [4.78, 5) is 2.16. The molecule has 0 amide bonds. The first-order valence-electron chi connectivity index (χ1n) is 5.55. The van der Waals surface area contributed by atoms with Crippen molar-refractivity contribution in [3.63, 3.8) is 0 Å². The van der Waals surface area contributed by atoms with Crippen LogP contribution in [0.5, 0.6) is 0 Å². The summed E-state index contributed by atoms with van der Waals surface area (Å²) in [6.07, 6.45) is 1.04. The molecule has 0 bridgehead atoms. The molecule has 0 spiro atoms. The summed E-state index contributed by atoms with van der Waals surface area (Å²) in [5.74, 6) is 0. The van der Waals surface area contributed by atoms with Crippen molar-refractivity contribution in [2.45, 2.75) is 6.42 Å². The normalized spacial score (nSPS) is 16.6. The molecule has 86 valence electrons. The van der Waals surface area contributed by atoms with Crippen molar-refractivity contribution < 1.29 is 4.74 Å². The van der Waals surface area contributed by atoms with E-state index < -0.39 is 0 Å². The maximum atomic E-state index is 5.40. The van der Waals surface area contributed by atoms with Crippen molar-refractivity contribution in [2.75, 3.05) is 31.6 Å². The molecule has 4 heteroatoms. The predicted octanol–water partition coefficient (Wildman–Crippen LogP) is 2.11. The monoisotopic (exact) mass is 236 g/mol. The van der Waals surface area contributed by atoms with Gasteiger partial charge in [-0.05, 0) is 30.8 Å². The lowest BCUT2D eigenvalue weighted by Gasteiger charge is -2.23. The Hall–Kier alpha value is -1.13. The molecular formula is C12H16N2OS. The van der Waals surface area contributed by atoms with E-state index in [0.717, 1.165) is 43.5 Å². The second-order valence-corrected chi connectivity index (χ2v) is 4.14. The number of anilines is 1. The van der Waals surface area contributed by atoms with Gasteiger partial charge in [-0.25, -0.2) is 0 Å². The molecule has 1 aromatic rings. The summed E-state index contributed by atoms with van der Waals surface area (Å²) < 4.78 is 5.40. The van der Waals surface area contributed by atoms with Gasteiger partial charge in [-0.15, -0.1) is 0 Å². The lowest BCUT2D eigenvalue weighted by atomic mass is 10.3. The van der Waals surface area contributed by atoms with E-state index in [1.54, 1.807) is 0 Å². The second-order valence-electron chi connectivity index (χ2n) is 3.75. The van der Waals surface area contributed by atoms with E-state index in [0.29, 0.717) is 0 Å². The van der Waals surface area contributed by atoms with E-state index in [2.05, 4.69) is 10.2 Å². The standard InChI is InChI=1S/C12H16N2OS/c16-12(13-11-5-2-1-3-6-11)14-7-4-9-15-10-8-14/h1-3,5-6H,4,7-10H2,(H,13,16). The lowest BCUT2D eigenvalue weighted by Crippen LogP contribution is -2.36. The molecule has 0 aromatic heterocycles. The molecule has 16 heavy (non-hydrogen) atoms. The smallest absolute Gasteiger partial charge is 0.173 e. The average molecular weight is 236 g/mol. The Labute approximate surface area is 101 Å². The third-order valence-electron chi connectivity index (χ3n) is 2.53. The number of benzene rings is 1. The third kappa shape index (κ3) is 3.18. The number of para-hydroxylation sites is 1. The Morgan fingerprint density at radius 3 is 2.81 bits per heavy atom. The minimum absolute atomic E-state index is 0.761. The Kier molecular flexibility index (Phi) is 4.13. The maximum absolute atomic E-state index is 5.40. The minimum atomic E-state index is 0.761. The summed E-state index contributed by atoms with van der Waals surface area (Å²) in [6, 6.07) is 10.0. The highest BCUT2D eigenvalue weighted by atomic mass is 32.1. The number of thiocarbonyl (C=S) groups is 1. The van der Waals surface area contributed by atoms with Gasteiger partial charge in [0.05, 0.1) is 6.61 Å². The predicted molar refractivity (Wildman–Crippen MR) is 69.7 cm³/mol. The third-order valence-corrected chi connectivity index (χ3v) is 2.89. The van der Waals surface area contributed by atoms with Crippen molar-refractivity contribution >= 4 is 23.0 Å². The van der Waals surface area contributed by atoms with Crippen molar-refractivity contribution in [2.24, 2.45) is 0 Å². The zero-order valence-corrected chi connectivity index (χ0v) is 10.0. The molecule has 2 rings (SSSR count). The second kappa shape index (κ2) is 5.82. The van der Waals surface area contributed by atoms with Gasteiger partial charge in [0.2, 0.25) is 0 Å². The van der Waals surface area contributed by atoms with Gasteiger partial charge in [0, 0.05) is 25.4 Å². The van der Waals surface area contributed by atoms with Crippen LogP contribution in [0.25, 0.3) is 0 Å². The Balaban J connectivity index is 1.92. The van der Waals surface area contributed by atoms with Gasteiger partial charge in [-0.3, -0.25) is 0 Å². The van der Waals surface area contributed by atoms with Crippen LogP contribution in [0.1, 0.15) is 6.42 Å². The summed E-state index contributed by atoms with van der Waals surface area (Å²) in [5, 5.41) is 4.03. The molecule has 1 N–H and O–H groups in total. The van der Waals surface area contributed by atoms with Gasteiger partial charge < -0.3 is 15.0 Å². The van der Waals surface area contributed by atoms with E-state index in [4.69, 9.17) is 17.0 Å². The van der Waals surface area contributed by atoms with Gasteiger partial charge >= 0.3 is 0 Å². The van der Waals surface area contributed by atoms with E-state index in [-0.39, 0.29) is 0 Å². The zero-order chi connectivity index (χ0) is 11.2. The molecule has 0 unspecified atom stereocenters. The Morgan fingerprint density at radius 2 is 2.00 bits per heavy atom. The van der Waals surface area contributed by atoms with Gasteiger partial charge in [0.15, 0.2) is 5.11 Å². The molecule has 0 aliphatic carbocycles. The quantitative estimate of drug-likeness (QED) is 0.755. The number of hydrogen-bond donors (Lipinski definition) is 1. The van der Waals surface area contributed by atoms with Crippen LogP contribution in [-0.2, 0) is 4.74 Å². The van der Waals surface area contributed by atoms with Crippen LogP contribution in [0.15, 0.2) is 30.3 Å². The van der Waals surface area contributed by atoms with Crippen LogP contribution in [0.3, 0.4) is 0 Å². The van der Waals surface area contributed by atoms with E-state index >= 15 is 0 Å². The topological polar surface area (TPSA) is 24.5 Å². The SMILES string of the molecule is S=C(Nc1ccccc1)N1CCCOCC1. The van der Waals surface area contributed by atoms with Crippen molar-refractivity contribution in [3.05, 3.63) is 30.3 Å². The van der Waals surface area contributed by atoms with Gasteiger partial charge in [0.25, 0.3) is 0 Å². The first-order chi connectivity index (χ1) is 7.86. The van der Waals surface area contributed by atoms with Crippen LogP contribution >= 0.6 is 12.2 Å². The number of hydrogen-bond acceptors (Lipinski definition) is 2. The average Bonchev–Trinajstić information content (AvgIpc) is 2.59. The molecule has 0 radical (unpaired) electrons. The first kappa shape index (κ1) is 11.4. The highest BCUT2D eigenvalue weighted by molar-refractivity contribution is 7.80. The van der Waals surface area contributed by atoms with E-state index in [1.165, 1.54) is 0 Å². The van der Waals surface area contributed by atoms with Crippen LogP contribution in [0.2, 0.25) is 0 Å². The largest absolute Gasteiger partial charge is 0.380 e. The molecule has 1 saturated heterocycles. The molecule has 1 fully saturated rings. The zero-order valence-electron chi connectivity index (χ0n) is 9.19. The van der Waals surface area contributed by atoms with E-state index in [1.807, 2.05) is 30.3 Å². The van der Waals surface area contributed by atoms with Crippen LogP contribution < -0.4 is 5.32 Å². The van der Waals surface area contributed by atoms with Crippen LogP contribution in [-0.4, -0.2) is 36.3 Å². The fourth-order valence-electron chi connectivity index (χ4n) is 1.67. The van der Waals surface area contributed by atoms with Gasteiger partial charge in [-0.1, -0.05) is 18.2 Å². The summed E-state index contributed by atoms with van der Waals surface area (Å²) in [5.41, 5.74) is 1.04. The fraction of sp³-hybridized carbons (Fsp3) is 0.417. The molecule has 0 saturated carbocycles. The van der Waals surface area contributed by atoms with Crippen LogP contribution in [0.4, 0.5) is 5.69 Å². The fourth-order valence-corrected chi connectivity index (χ4v) is 1.97. The molecule has 3 nitrogen and oxygen atoms in total. The lowest BCUT2D eigenvalue weighted by molar-refractivity contribution is 0.147. The molecule has 1 aromatic carbocycles. The first-order valence-corrected chi connectivity index (χ1v) is 5.96. The molecular weight excluding hydrogens is 220 g/mol. The van der Waals surface area contributed by atoms with Crippen LogP contribution in [0, 0.1) is 0 Å². The maximum Gasteiger partial charge on any atom is 0.173 e. The van der Waals surface area contributed by atoms with E-state index in [9.17, 15) is 0 Å². The Bertz CT molecular complexity index is 334. The summed E-state index contributed by atoms with van der Waals surface area (Å²) >= 11 is 5.38. The highest BCUT2D eigenvalue weighted by Gasteiger charge is 2.12. The highest BCUT2D eigenvalue weighted by Crippen LogP contribution is 2.08. The molecule has 1 heterocycles. The number of ether oxygens (including phenoxy) is 1. The van der Waals surface area contributed by atoms with Gasteiger partial charge in [-0.2, -0.15) is 0 Å². The van der Waals surface area contributed by atoms with Crippen molar-refractivity contribution in [1.82, 2.24) is 4.90 Å².